The van der Waals surface area contributed by atoms with Gasteiger partial charge in [0.05, 0.1) is 12.0 Å². The Morgan fingerprint density at radius 1 is 1.50 bits per heavy atom. The first kappa shape index (κ1) is 14.9. The fourth-order valence-electron chi connectivity index (χ4n) is 1.79. The van der Waals surface area contributed by atoms with Crippen molar-refractivity contribution in [2.75, 3.05) is 12.0 Å². The molecule has 0 saturated carbocycles. The van der Waals surface area contributed by atoms with Gasteiger partial charge in [-0.15, -0.1) is 0 Å². The molecule has 18 heavy (non-hydrogen) atoms. The van der Waals surface area contributed by atoms with E-state index in [4.69, 9.17) is 5.11 Å². The van der Waals surface area contributed by atoms with Crippen LogP contribution in [0.4, 0.5) is 4.79 Å². The second-order valence-electron chi connectivity index (χ2n) is 4.47. The van der Waals surface area contributed by atoms with E-state index in [1.165, 1.54) is 0 Å². The average Bonchev–Trinajstić information content (AvgIpc) is 2.74. The number of carboxylic acid groups (broad SMARTS) is 1. The van der Waals surface area contributed by atoms with Crippen LogP contribution in [-0.4, -0.2) is 41.2 Å². The van der Waals surface area contributed by atoms with Crippen molar-refractivity contribution in [2.45, 2.75) is 31.8 Å². The maximum Gasteiger partial charge on any atom is 0.315 e. The van der Waals surface area contributed by atoms with Crippen LogP contribution in [0.25, 0.3) is 0 Å². The Morgan fingerprint density at radius 3 is 2.78 bits per heavy atom. The molecule has 3 atom stereocenters. The lowest BCUT2D eigenvalue weighted by Crippen LogP contribution is -2.44. The number of amides is 2. The van der Waals surface area contributed by atoms with Gasteiger partial charge < -0.3 is 15.7 Å². The van der Waals surface area contributed by atoms with E-state index in [-0.39, 0.29) is 18.1 Å². The highest BCUT2D eigenvalue weighted by atomic mass is 32.2. The number of nitrogens with one attached hydrogen (secondary N) is 2. The second kappa shape index (κ2) is 7.31. The summed E-state index contributed by atoms with van der Waals surface area (Å²) in [7, 11) is 0. The number of carbonyl (C=O) groups excluding carboxylic acids is 1. The number of aliphatic carboxylic acids is 1. The second-order valence-corrected chi connectivity index (χ2v) is 5.46. The Labute approximate surface area is 111 Å². The average molecular weight is 272 g/mol. The monoisotopic (exact) mass is 272 g/mol. The highest BCUT2D eigenvalue weighted by molar-refractivity contribution is 7.98. The summed E-state index contributed by atoms with van der Waals surface area (Å²) in [5, 5.41) is 14.4. The molecule has 3 N–H and O–H groups in total. The smallest absolute Gasteiger partial charge is 0.315 e. The van der Waals surface area contributed by atoms with Crippen molar-refractivity contribution in [3.63, 3.8) is 0 Å². The molecule has 2 amide bonds. The maximum absolute atomic E-state index is 11.6. The topological polar surface area (TPSA) is 78.4 Å². The Hall–Kier alpha value is -1.17. The summed E-state index contributed by atoms with van der Waals surface area (Å²) < 4.78 is 0. The highest BCUT2D eigenvalue weighted by Gasteiger charge is 2.25. The molecule has 1 aliphatic carbocycles. The lowest BCUT2D eigenvalue weighted by molar-refractivity contribution is -0.140. The van der Waals surface area contributed by atoms with Gasteiger partial charge in [-0.3, -0.25) is 4.79 Å². The van der Waals surface area contributed by atoms with Crippen LogP contribution < -0.4 is 10.6 Å². The fraction of sp³-hybridized carbons (Fsp3) is 0.667. The molecule has 0 aromatic rings. The standard InChI is InChI=1S/C12H20N2O3S/c1-8(5-6-18-2)13-12(17)14-10-4-3-9(7-10)11(15)16/h3-4,8-10H,5-7H2,1-2H3,(H,15,16)(H2,13,14,17). The molecule has 0 aromatic carbocycles. The molecule has 102 valence electrons. The maximum atomic E-state index is 11.6. The predicted molar refractivity (Wildman–Crippen MR) is 72.8 cm³/mol. The van der Waals surface area contributed by atoms with Crippen molar-refractivity contribution in [2.24, 2.45) is 5.92 Å². The minimum absolute atomic E-state index is 0.123. The van der Waals surface area contributed by atoms with Crippen LogP contribution in [0.5, 0.6) is 0 Å². The minimum atomic E-state index is -0.843. The summed E-state index contributed by atoms with van der Waals surface area (Å²) >= 11 is 1.75. The van der Waals surface area contributed by atoms with E-state index in [1.54, 1.807) is 23.9 Å². The van der Waals surface area contributed by atoms with E-state index in [0.717, 1.165) is 12.2 Å². The van der Waals surface area contributed by atoms with Crippen LogP contribution in [0, 0.1) is 5.92 Å². The number of hydrogen-bond acceptors (Lipinski definition) is 3. The van der Waals surface area contributed by atoms with Crippen molar-refractivity contribution in [3.05, 3.63) is 12.2 Å². The summed E-state index contributed by atoms with van der Waals surface area (Å²) in [4.78, 5) is 22.4. The Balaban J connectivity index is 2.25. The fourth-order valence-corrected chi connectivity index (χ4v) is 2.38. The zero-order valence-electron chi connectivity index (χ0n) is 10.7. The van der Waals surface area contributed by atoms with E-state index < -0.39 is 11.9 Å². The van der Waals surface area contributed by atoms with Crippen molar-refractivity contribution in [1.82, 2.24) is 10.6 Å². The van der Waals surface area contributed by atoms with Gasteiger partial charge in [0.15, 0.2) is 0 Å². The van der Waals surface area contributed by atoms with E-state index >= 15 is 0 Å². The van der Waals surface area contributed by atoms with E-state index in [2.05, 4.69) is 10.6 Å². The van der Waals surface area contributed by atoms with Crippen molar-refractivity contribution < 1.29 is 14.7 Å². The number of carboxylic acids is 1. The summed E-state index contributed by atoms with van der Waals surface area (Å²) in [5.41, 5.74) is 0. The molecule has 1 rings (SSSR count). The van der Waals surface area contributed by atoms with Gasteiger partial charge in [-0.2, -0.15) is 11.8 Å². The van der Waals surface area contributed by atoms with Crippen molar-refractivity contribution in [1.29, 1.82) is 0 Å². The first-order valence-corrected chi connectivity index (χ1v) is 7.39. The number of urea groups is 1. The first-order chi connectivity index (χ1) is 8.52. The molecule has 0 fully saturated rings. The summed E-state index contributed by atoms with van der Waals surface area (Å²) in [6.07, 6.45) is 6.76. The summed E-state index contributed by atoms with van der Waals surface area (Å²) in [6.45, 7) is 1.96. The molecular weight excluding hydrogens is 252 g/mol. The Morgan fingerprint density at radius 2 is 2.22 bits per heavy atom. The molecule has 0 heterocycles. The lowest BCUT2D eigenvalue weighted by Gasteiger charge is -2.17. The molecule has 0 radical (unpaired) electrons. The van der Waals surface area contributed by atoms with Gasteiger partial charge in [-0.25, -0.2) is 4.79 Å². The number of thioether (sulfide) groups is 1. The minimum Gasteiger partial charge on any atom is -0.481 e. The third kappa shape index (κ3) is 5.00. The van der Waals surface area contributed by atoms with Gasteiger partial charge in [-0.05, 0) is 31.8 Å². The molecule has 0 spiro atoms. The first-order valence-electron chi connectivity index (χ1n) is 6.00. The van der Waals surface area contributed by atoms with E-state index in [1.807, 2.05) is 13.2 Å². The van der Waals surface area contributed by atoms with Gasteiger partial charge in [0.2, 0.25) is 0 Å². The highest BCUT2D eigenvalue weighted by Crippen LogP contribution is 2.17. The Bertz CT molecular complexity index is 333. The van der Waals surface area contributed by atoms with Gasteiger partial charge in [0.1, 0.15) is 0 Å². The van der Waals surface area contributed by atoms with Gasteiger partial charge in [0, 0.05) is 6.04 Å². The molecule has 0 bridgehead atoms. The van der Waals surface area contributed by atoms with Crippen LogP contribution in [0.3, 0.4) is 0 Å². The number of rotatable bonds is 6. The summed E-state index contributed by atoms with van der Waals surface area (Å²) in [6, 6.07) is -0.291. The van der Waals surface area contributed by atoms with E-state index in [0.29, 0.717) is 6.42 Å². The van der Waals surface area contributed by atoms with Crippen LogP contribution in [-0.2, 0) is 4.79 Å². The normalized spacial score (nSPS) is 23.7. The zero-order valence-corrected chi connectivity index (χ0v) is 11.5. The van der Waals surface area contributed by atoms with Gasteiger partial charge >= 0.3 is 12.0 Å². The largest absolute Gasteiger partial charge is 0.481 e. The van der Waals surface area contributed by atoms with Crippen LogP contribution >= 0.6 is 11.8 Å². The third-order valence-corrected chi connectivity index (χ3v) is 3.49. The predicted octanol–water partition coefficient (Wildman–Crippen LogP) is 1.46. The molecular formula is C12H20N2O3S. The molecule has 3 unspecified atom stereocenters. The van der Waals surface area contributed by atoms with Gasteiger partial charge in [0.25, 0.3) is 0 Å². The molecule has 1 aliphatic rings. The molecule has 6 heteroatoms. The lowest BCUT2D eigenvalue weighted by atomic mass is 10.1. The number of hydrogen-bond donors (Lipinski definition) is 3. The Kier molecular flexibility index (Phi) is 6.04. The van der Waals surface area contributed by atoms with Crippen LogP contribution in [0.2, 0.25) is 0 Å². The third-order valence-electron chi connectivity index (χ3n) is 2.85. The summed E-state index contributed by atoms with van der Waals surface area (Å²) in [5.74, 6) is -0.320. The molecule has 0 aromatic heterocycles. The quantitative estimate of drug-likeness (QED) is 0.640. The van der Waals surface area contributed by atoms with Crippen molar-refractivity contribution in [3.8, 4) is 0 Å². The molecule has 5 nitrogen and oxygen atoms in total. The van der Waals surface area contributed by atoms with Crippen LogP contribution in [0.1, 0.15) is 19.8 Å². The zero-order chi connectivity index (χ0) is 13.5. The van der Waals surface area contributed by atoms with Crippen molar-refractivity contribution >= 4 is 23.8 Å². The molecule has 0 aliphatic heterocycles. The van der Waals surface area contributed by atoms with E-state index in [9.17, 15) is 9.59 Å². The molecule has 0 saturated heterocycles. The SMILES string of the molecule is CSCCC(C)NC(=O)NC1C=CC(C(=O)O)C1. The van der Waals surface area contributed by atoms with Gasteiger partial charge in [-0.1, -0.05) is 12.2 Å². The van der Waals surface area contributed by atoms with Crippen LogP contribution in [0.15, 0.2) is 12.2 Å². The number of carbonyl (C=O) groups is 2.